The van der Waals surface area contributed by atoms with Crippen molar-refractivity contribution in [2.24, 2.45) is 0 Å². The second-order valence-corrected chi connectivity index (χ2v) is 6.85. The first-order chi connectivity index (χ1) is 13.0. The molecule has 2 aromatic carbocycles. The summed E-state index contributed by atoms with van der Waals surface area (Å²) in [6, 6.07) is 11.6. The Kier molecular flexibility index (Phi) is 6.36. The van der Waals surface area contributed by atoms with E-state index in [1.54, 1.807) is 7.11 Å². The molecule has 0 atom stereocenters. The van der Waals surface area contributed by atoms with Gasteiger partial charge in [-0.1, -0.05) is 6.07 Å². The van der Waals surface area contributed by atoms with Crippen LogP contribution in [0.15, 0.2) is 42.5 Å². The van der Waals surface area contributed by atoms with Gasteiger partial charge in [0.25, 0.3) is 5.91 Å². The molecule has 144 valence electrons. The maximum Gasteiger partial charge on any atom is 0.279 e. The van der Waals surface area contributed by atoms with Gasteiger partial charge in [0, 0.05) is 5.56 Å². The molecule has 27 heavy (non-hydrogen) atoms. The van der Waals surface area contributed by atoms with Crippen molar-refractivity contribution in [3.63, 3.8) is 0 Å². The molecule has 1 aliphatic rings. The summed E-state index contributed by atoms with van der Waals surface area (Å²) in [5.41, 5.74) is 0.882. The quantitative estimate of drug-likeness (QED) is 0.658. The van der Waals surface area contributed by atoms with E-state index < -0.39 is 11.6 Å². The monoisotopic (exact) mass is 377 g/mol. The van der Waals surface area contributed by atoms with Crippen molar-refractivity contribution >= 4 is 11.6 Å². The fourth-order valence-corrected chi connectivity index (χ4v) is 3.37. The first-order valence-electron chi connectivity index (χ1n) is 9.09. The lowest BCUT2D eigenvalue weighted by Gasteiger charge is -2.29. The van der Waals surface area contributed by atoms with Gasteiger partial charge in [0.2, 0.25) is 0 Å². The zero-order valence-corrected chi connectivity index (χ0v) is 15.4. The van der Waals surface area contributed by atoms with Crippen LogP contribution in [0.4, 0.5) is 14.5 Å². The first kappa shape index (κ1) is 19.3. The van der Waals surface area contributed by atoms with Gasteiger partial charge < -0.3 is 19.9 Å². The molecule has 0 saturated carbocycles. The molecule has 1 heterocycles. The normalized spacial score (nSPS) is 19.5. The number of carbonyl (C=O) groups is 1. The Bertz CT molecular complexity index is 755. The molecule has 1 fully saturated rings. The molecule has 0 bridgehead atoms. The number of benzene rings is 2. The minimum atomic E-state index is -0.757. The second-order valence-electron chi connectivity index (χ2n) is 6.85. The molecule has 1 amide bonds. The number of halogens is 2. The van der Waals surface area contributed by atoms with E-state index in [0.717, 1.165) is 55.5 Å². The van der Waals surface area contributed by atoms with Crippen LogP contribution >= 0.6 is 0 Å². The van der Waals surface area contributed by atoms with Crippen LogP contribution in [-0.4, -0.2) is 45.7 Å². The fraction of sp³-hybridized carbons (Fsp3) is 0.350. The number of piperazine rings is 1. The number of carbonyl (C=O) groups excluding carboxylic acids is 1. The van der Waals surface area contributed by atoms with E-state index >= 15 is 0 Å². The van der Waals surface area contributed by atoms with Crippen molar-refractivity contribution in [2.45, 2.75) is 6.54 Å². The Morgan fingerprint density at radius 1 is 1.00 bits per heavy atom. The summed E-state index contributed by atoms with van der Waals surface area (Å²) in [5, 5.41) is 2.36. The van der Waals surface area contributed by atoms with E-state index in [2.05, 4.69) is 17.4 Å². The lowest BCUT2D eigenvalue weighted by atomic mass is 10.2. The Hall–Kier alpha value is -2.51. The molecule has 3 N–H and O–H groups in total. The molecule has 0 spiro atoms. The van der Waals surface area contributed by atoms with Gasteiger partial charge in [-0.2, -0.15) is 0 Å². The number of hydrogen-bond acceptors (Lipinski definition) is 2. The molecule has 0 aliphatic carbocycles. The van der Waals surface area contributed by atoms with Crippen LogP contribution in [0.1, 0.15) is 5.56 Å². The van der Waals surface area contributed by atoms with E-state index in [1.165, 1.54) is 16.5 Å². The minimum absolute atomic E-state index is 0.212. The molecule has 0 radical (unpaired) electrons. The van der Waals surface area contributed by atoms with E-state index in [0.29, 0.717) is 0 Å². The summed E-state index contributed by atoms with van der Waals surface area (Å²) in [6.07, 6.45) is 0. The predicted octanol–water partition coefficient (Wildman–Crippen LogP) is -0.104. The van der Waals surface area contributed by atoms with Gasteiger partial charge >= 0.3 is 0 Å². The fourth-order valence-electron chi connectivity index (χ4n) is 3.37. The molecule has 3 rings (SSSR count). The summed E-state index contributed by atoms with van der Waals surface area (Å²) in [7, 11) is 1.65. The van der Waals surface area contributed by atoms with Crippen molar-refractivity contribution in [2.75, 3.05) is 45.2 Å². The number of anilines is 1. The van der Waals surface area contributed by atoms with Gasteiger partial charge in [0.05, 0.1) is 7.11 Å². The number of ether oxygens (including phenoxy) is 1. The van der Waals surface area contributed by atoms with E-state index in [-0.39, 0.29) is 18.1 Å². The molecule has 7 heteroatoms. The lowest BCUT2D eigenvalue weighted by Crippen LogP contribution is -3.28. The molecule has 1 aliphatic heterocycles. The smallest absolute Gasteiger partial charge is 0.279 e. The maximum atomic E-state index is 13.6. The van der Waals surface area contributed by atoms with Gasteiger partial charge in [-0.15, -0.1) is 0 Å². The molecular formula is C20H25F2N3O2+2. The van der Waals surface area contributed by atoms with Crippen LogP contribution in [0, 0.1) is 11.6 Å². The van der Waals surface area contributed by atoms with Gasteiger partial charge in [-0.05, 0) is 36.4 Å². The third-order valence-corrected chi connectivity index (χ3v) is 4.92. The third kappa shape index (κ3) is 5.24. The number of amides is 1. The standard InChI is InChI=1S/C20H23F2N3O2/c1-27-16-7-5-15(6-8-16)13-24-9-11-25(12-10-24)14-19(26)23-20-17(21)3-2-4-18(20)22/h2-8H,9-14H2,1H3,(H,23,26)/p+2. The van der Waals surface area contributed by atoms with E-state index in [9.17, 15) is 13.6 Å². The van der Waals surface area contributed by atoms with E-state index in [4.69, 9.17) is 4.74 Å². The van der Waals surface area contributed by atoms with Crippen molar-refractivity contribution in [1.29, 1.82) is 0 Å². The zero-order chi connectivity index (χ0) is 19.2. The Morgan fingerprint density at radius 3 is 2.19 bits per heavy atom. The highest BCUT2D eigenvalue weighted by Gasteiger charge is 2.25. The van der Waals surface area contributed by atoms with Crippen LogP contribution in [0.3, 0.4) is 0 Å². The average Bonchev–Trinajstić information content (AvgIpc) is 2.67. The number of nitrogens with one attached hydrogen (secondary N) is 3. The lowest BCUT2D eigenvalue weighted by molar-refractivity contribution is -1.02. The Balaban J connectivity index is 1.45. The van der Waals surface area contributed by atoms with Gasteiger partial charge in [0.1, 0.15) is 55.8 Å². The highest BCUT2D eigenvalue weighted by Crippen LogP contribution is 2.17. The summed E-state index contributed by atoms with van der Waals surface area (Å²) < 4.78 is 32.4. The highest BCUT2D eigenvalue weighted by atomic mass is 19.1. The zero-order valence-electron chi connectivity index (χ0n) is 15.4. The van der Waals surface area contributed by atoms with Crippen molar-refractivity contribution in [1.82, 2.24) is 0 Å². The number of hydrogen-bond donors (Lipinski definition) is 3. The predicted molar refractivity (Wildman–Crippen MR) is 97.9 cm³/mol. The summed E-state index contributed by atoms with van der Waals surface area (Å²) in [5.74, 6) is -1.04. The van der Waals surface area contributed by atoms with Crippen LogP contribution in [0.5, 0.6) is 5.75 Å². The topological polar surface area (TPSA) is 47.2 Å². The van der Waals surface area contributed by atoms with Crippen molar-refractivity contribution < 1.29 is 28.1 Å². The maximum absolute atomic E-state index is 13.6. The number of rotatable bonds is 6. The van der Waals surface area contributed by atoms with Gasteiger partial charge in [-0.25, -0.2) is 8.78 Å². The second kappa shape index (κ2) is 8.92. The van der Waals surface area contributed by atoms with Crippen molar-refractivity contribution in [3.8, 4) is 5.75 Å². The molecule has 1 saturated heterocycles. The Morgan fingerprint density at radius 2 is 1.59 bits per heavy atom. The van der Waals surface area contributed by atoms with Crippen LogP contribution in [0.2, 0.25) is 0 Å². The largest absolute Gasteiger partial charge is 0.497 e. The number of para-hydroxylation sites is 1. The summed E-state index contributed by atoms with van der Waals surface area (Å²) >= 11 is 0. The molecule has 0 unspecified atom stereocenters. The minimum Gasteiger partial charge on any atom is -0.497 e. The number of methoxy groups -OCH3 is 1. The highest BCUT2D eigenvalue weighted by molar-refractivity contribution is 5.91. The van der Waals surface area contributed by atoms with E-state index in [1.807, 2.05) is 12.1 Å². The van der Waals surface area contributed by atoms with Crippen LogP contribution in [-0.2, 0) is 11.3 Å². The Labute approximate surface area is 157 Å². The summed E-state index contributed by atoms with van der Waals surface area (Å²) in [4.78, 5) is 14.7. The van der Waals surface area contributed by atoms with Gasteiger partial charge in [0.15, 0.2) is 6.54 Å². The molecule has 2 aromatic rings. The van der Waals surface area contributed by atoms with Gasteiger partial charge in [-0.3, -0.25) is 4.79 Å². The first-order valence-corrected chi connectivity index (χ1v) is 9.09. The molecular weight excluding hydrogens is 352 g/mol. The average molecular weight is 377 g/mol. The van der Waals surface area contributed by atoms with Crippen LogP contribution < -0.4 is 19.9 Å². The van der Waals surface area contributed by atoms with Crippen LogP contribution in [0.25, 0.3) is 0 Å². The molecule has 0 aromatic heterocycles. The summed E-state index contributed by atoms with van der Waals surface area (Å²) in [6.45, 7) is 4.73. The SMILES string of the molecule is COc1ccc(C[NH+]2CC[NH+](CC(=O)Nc3c(F)cccc3F)CC2)cc1. The number of quaternary nitrogens is 2. The third-order valence-electron chi connectivity index (χ3n) is 4.92. The molecule has 5 nitrogen and oxygen atoms in total. The van der Waals surface area contributed by atoms with Crippen molar-refractivity contribution in [3.05, 3.63) is 59.7 Å².